The van der Waals surface area contributed by atoms with Gasteiger partial charge in [-0.1, -0.05) is 44.2 Å². The zero-order valence-corrected chi connectivity index (χ0v) is 15.5. The molecule has 1 unspecified atom stereocenters. The van der Waals surface area contributed by atoms with Crippen LogP contribution >= 0.6 is 0 Å². The lowest BCUT2D eigenvalue weighted by Gasteiger charge is -2.25. The van der Waals surface area contributed by atoms with Crippen LogP contribution in [0.3, 0.4) is 0 Å². The Morgan fingerprint density at radius 1 is 1.08 bits per heavy atom. The first-order valence-electron chi connectivity index (χ1n) is 9.41. The lowest BCUT2D eigenvalue weighted by molar-refractivity contribution is -0.134. The van der Waals surface area contributed by atoms with E-state index in [4.69, 9.17) is 0 Å². The molecule has 0 bridgehead atoms. The maximum atomic E-state index is 12.4. The average molecular weight is 345 g/mol. The quantitative estimate of drug-likeness (QED) is 0.866. The molecule has 138 valence electrons. The van der Waals surface area contributed by atoms with E-state index in [9.17, 15) is 9.59 Å². The molecule has 0 spiro atoms. The molecule has 1 fully saturated rings. The number of nitrogens with one attached hydrogen (secondary N) is 2. The largest absolute Gasteiger partial charge is 0.356 e. The van der Waals surface area contributed by atoms with Crippen molar-refractivity contribution in [3.05, 3.63) is 35.9 Å². The summed E-state index contributed by atoms with van der Waals surface area (Å²) in [5.74, 6) is 0.328. The Kier molecular flexibility index (Phi) is 7.92. The molecule has 1 aromatic rings. The van der Waals surface area contributed by atoms with Crippen LogP contribution in [0.2, 0.25) is 0 Å². The topological polar surface area (TPSA) is 61.4 Å². The normalized spacial score (nSPS) is 21.0. The summed E-state index contributed by atoms with van der Waals surface area (Å²) in [6, 6.07) is 10.1. The van der Waals surface area contributed by atoms with Crippen molar-refractivity contribution in [2.45, 2.75) is 45.6 Å². The van der Waals surface area contributed by atoms with Gasteiger partial charge in [0.15, 0.2) is 0 Å². The number of carbonyl (C=O) groups excluding carboxylic acids is 2. The van der Waals surface area contributed by atoms with Crippen molar-refractivity contribution in [1.82, 2.24) is 15.5 Å². The highest BCUT2D eigenvalue weighted by molar-refractivity contribution is 5.78. The van der Waals surface area contributed by atoms with Crippen molar-refractivity contribution in [3.8, 4) is 0 Å². The standard InChI is InChI=1S/C20H31N3O2/c1-16(2)20(25)23-13-7-6-11-22-19(24)15-18(21-12-8-14-23)17-9-4-3-5-10-17/h3-5,9-10,16,18,21H,6-8,11-15H2,1-2H3,(H,22,24). The van der Waals surface area contributed by atoms with E-state index in [1.807, 2.05) is 36.9 Å². The number of nitrogens with zero attached hydrogens (tertiary/aromatic N) is 1. The van der Waals surface area contributed by atoms with Crippen LogP contribution < -0.4 is 10.6 Å². The number of hydrogen-bond donors (Lipinski definition) is 2. The Morgan fingerprint density at radius 2 is 1.80 bits per heavy atom. The average Bonchev–Trinajstić information content (AvgIpc) is 2.63. The summed E-state index contributed by atoms with van der Waals surface area (Å²) in [5.41, 5.74) is 1.13. The van der Waals surface area contributed by atoms with Gasteiger partial charge in [0.1, 0.15) is 0 Å². The molecule has 5 nitrogen and oxygen atoms in total. The molecule has 1 aromatic carbocycles. The highest BCUT2D eigenvalue weighted by Gasteiger charge is 2.19. The van der Waals surface area contributed by atoms with Crippen molar-refractivity contribution in [2.24, 2.45) is 5.92 Å². The summed E-state index contributed by atoms with van der Waals surface area (Å²) < 4.78 is 0. The number of rotatable bonds is 2. The van der Waals surface area contributed by atoms with Crippen LogP contribution in [-0.4, -0.2) is 42.9 Å². The Labute approximate surface area is 151 Å². The van der Waals surface area contributed by atoms with Gasteiger partial charge in [-0.25, -0.2) is 0 Å². The summed E-state index contributed by atoms with van der Waals surface area (Å²) in [7, 11) is 0. The van der Waals surface area contributed by atoms with E-state index >= 15 is 0 Å². The van der Waals surface area contributed by atoms with Crippen molar-refractivity contribution < 1.29 is 9.59 Å². The monoisotopic (exact) mass is 345 g/mol. The Balaban J connectivity index is 2.02. The van der Waals surface area contributed by atoms with E-state index in [0.717, 1.165) is 44.5 Å². The van der Waals surface area contributed by atoms with Gasteiger partial charge in [-0.05, 0) is 31.4 Å². The van der Waals surface area contributed by atoms with Crippen LogP contribution in [0, 0.1) is 5.92 Å². The minimum atomic E-state index is 0.0104. The van der Waals surface area contributed by atoms with Crippen LogP contribution in [0.5, 0.6) is 0 Å². The summed E-state index contributed by atoms with van der Waals surface area (Å²) in [6.45, 7) is 6.90. The summed E-state index contributed by atoms with van der Waals surface area (Å²) in [4.78, 5) is 26.5. The maximum Gasteiger partial charge on any atom is 0.225 e. The highest BCUT2D eigenvalue weighted by Crippen LogP contribution is 2.17. The second kappa shape index (κ2) is 10.2. The van der Waals surface area contributed by atoms with E-state index in [2.05, 4.69) is 22.8 Å². The fourth-order valence-corrected chi connectivity index (χ4v) is 3.15. The number of carbonyl (C=O) groups is 2. The molecule has 1 saturated heterocycles. The Hall–Kier alpha value is -1.88. The van der Waals surface area contributed by atoms with E-state index < -0.39 is 0 Å². The molecule has 0 saturated carbocycles. The SMILES string of the molecule is CC(C)C(=O)N1CCCCNC(=O)CC(c2ccccc2)NCCC1. The van der Waals surface area contributed by atoms with Gasteiger partial charge in [-0.2, -0.15) is 0 Å². The summed E-state index contributed by atoms with van der Waals surface area (Å²) >= 11 is 0. The van der Waals surface area contributed by atoms with Crippen LogP contribution in [0.15, 0.2) is 30.3 Å². The second-order valence-corrected chi connectivity index (χ2v) is 7.01. The molecule has 1 aliphatic rings. The molecule has 2 N–H and O–H groups in total. The predicted molar refractivity (Wildman–Crippen MR) is 100 cm³/mol. The second-order valence-electron chi connectivity index (χ2n) is 7.01. The van der Waals surface area contributed by atoms with Crippen LogP contribution in [0.25, 0.3) is 0 Å². The molecule has 0 radical (unpaired) electrons. The molecule has 1 heterocycles. The molecule has 5 heteroatoms. The van der Waals surface area contributed by atoms with Gasteiger partial charge in [0.05, 0.1) is 0 Å². The molecular weight excluding hydrogens is 314 g/mol. The predicted octanol–water partition coefficient (Wildman–Crippen LogP) is 2.49. The fourth-order valence-electron chi connectivity index (χ4n) is 3.15. The summed E-state index contributed by atoms with van der Waals surface area (Å²) in [6.07, 6.45) is 3.16. The van der Waals surface area contributed by atoms with Crippen molar-refractivity contribution >= 4 is 11.8 Å². The Morgan fingerprint density at radius 3 is 2.52 bits per heavy atom. The number of amides is 2. The minimum absolute atomic E-state index is 0.0104. The molecule has 25 heavy (non-hydrogen) atoms. The van der Waals surface area contributed by atoms with Crippen molar-refractivity contribution in [2.75, 3.05) is 26.2 Å². The summed E-state index contributed by atoms with van der Waals surface area (Å²) in [5, 5.41) is 6.50. The molecule has 0 aromatic heterocycles. The van der Waals surface area contributed by atoms with Crippen molar-refractivity contribution in [1.29, 1.82) is 0 Å². The minimum Gasteiger partial charge on any atom is -0.356 e. The van der Waals surface area contributed by atoms with Crippen LogP contribution in [0.1, 0.15) is 51.1 Å². The van der Waals surface area contributed by atoms with Crippen LogP contribution in [-0.2, 0) is 9.59 Å². The molecule has 1 aliphatic heterocycles. The molecule has 2 rings (SSSR count). The van der Waals surface area contributed by atoms with E-state index in [-0.39, 0.29) is 23.8 Å². The smallest absolute Gasteiger partial charge is 0.225 e. The Bertz CT molecular complexity index is 545. The lowest BCUT2D eigenvalue weighted by atomic mass is 10.0. The molecular formula is C20H31N3O2. The zero-order chi connectivity index (χ0) is 18.1. The first-order chi connectivity index (χ1) is 12.1. The molecule has 2 amide bonds. The van der Waals surface area contributed by atoms with E-state index in [1.54, 1.807) is 0 Å². The number of benzene rings is 1. The lowest BCUT2D eigenvalue weighted by Crippen LogP contribution is -2.37. The van der Waals surface area contributed by atoms with Gasteiger partial charge in [0.2, 0.25) is 11.8 Å². The molecule has 0 aliphatic carbocycles. The van der Waals surface area contributed by atoms with Gasteiger partial charge in [-0.3, -0.25) is 9.59 Å². The van der Waals surface area contributed by atoms with Gasteiger partial charge in [0, 0.05) is 38.0 Å². The zero-order valence-electron chi connectivity index (χ0n) is 15.5. The maximum absolute atomic E-state index is 12.4. The number of hydrogen-bond acceptors (Lipinski definition) is 3. The van der Waals surface area contributed by atoms with Gasteiger partial charge in [-0.15, -0.1) is 0 Å². The first-order valence-corrected chi connectivity index (χ1v) is 9.41. The fraction of sp³-hybridized carbons (Fsp3) is 0.600. The van der Waals surface area contributed by atoms with Gasteiger partial charge < -0.3 is 15.5 Å². The van der Waals surface area contributed by atoms with Crippen LogP contribution in [0.4, 0.5) is 0 Å². The third kappa shape index (κ3) is 6.50. The first kappa shape index (κ1) is 19.4. The highest BCUT2D eigenvalue weighted by atomic mass is 16.2. The van der Waals surface area contributed by atoms with Crippen molar-refractivity contribution in [3.63, 3.8) is 0 Å². The van der Waals surface area contributed by atoms with E-state index in [1.165, 1.54) is 0 Å². The van der Waals surface area contributed by atoms with Gasteiger partial charge in [0.25, 0.3) is 0 Å². The third-order valence-corrected chi connectivity index (χ3v) is 4.57. The van der Waals surface area contributed by atoms with E-state index in [0.29, 0.717) is 13.0 Å². The third-order valence-electron chi connectivity index (χ3n) is 4.57. The molecule has 1 atom stereocenters. The van der Waals surface area contributed by atoms with Gasteiger partial charge >= 0.3 is 0 Å².